The molecule has 1 aromatic carbocycles. The molecule has 0 bridgehead atoms. The van der Waals surface area contributed by atoms with Crippen LogP contribution in [0.25, 0.3) is 0 Å². The molecule has 0 saturated carbocycles. The van der Waals surface area contributed by atoms with Crippen molar-refractivity contribution in [3.05, 3.63) is 35.9 Å². The van der Waals surface area contributed by atoms with Gasteiger partial charge in [0.25, 0.3) is 0 Å². The minimum absolute atomic E-state index is 0.468. The van der Waals surface area contributed by atoms with E-state index in [1.54, 1.807) is 0 Å². The van der Waals surface area contributed by atoms with Crippen LogP contribution in [-0.2, 0) is 0 Å². The van der Waals surface area contributed by atoms with Crippen molar-refractivity contribution in [1.82, 2.24) is 10.2 Å². The molecule has 0 aromatic heterocycles. The van der Waals surface area contributed by atoms with Crippen molar-refractivity contribution in [3.8, 4) is 0 Å². The van der Waals surface area contributed by atoms with Gasteiger partial charge >= 0.3 is 0 Å². The van der Waals surface area contributed by atoms with E-state index in [2.05, 4.69) is 68.4 Å². The second-order valence-electron chi connectivity index (χ2n) is 6.59. The quantitative estimate of drug-likeness (QED) is 0.880. The molecule has 112 valence electrons. The molecule has 0 amide bonds. The van der Waals surface area contributed by atoms with E-state index in [0.29, 0.717) is 6.04 Å². The van der Waals surface area contributed by atoms with Crippen LogP contribution in [0.2, 0.25) is 0 Å². The van der Waals surface area contributed by atoms with Gasteiger partial charge in [-0.2, -0.15) is 0 Å². The molecule has 0 spiro atoms. The molecule has 0 aliphatic carbocycles. The van der Waals surface area contributed by atoms with Crippen LogP contribution in [0.1, 0.15) is 45.2 Å². The summed E-state index contributed by atoms with van der Waals surface area (Å²) in [5.41, 5.74) is 1.40. The number of likely N-dealkylation sites (tertiary alicyclic amines) is 1. The van der Waals surface area contributed by atoms with Gasteiger partial charge in [-0.05, 0) is 44.2 Å². The summed E-state index contributed by atoms with van der Waals surface area (Å²) in [6.07, 6.45) is 2.57. The lowest BCUT2D eigenvalue weighted by Gasteiger charge is -2.41. The summed E-state index contributed by atoms with van der Waals surface area (Å²) >= 11 is 0. The summed E-state index contributed by atoms with van der Waals surface area (Å²) in [6, 6.07) is 12.0. The number of rotatable bonds is 5. The monoisotopic (exact) mass is 274 g/mol. The van der Waals surface area contributed by atoms with Crippen molar-refractivity contribution in [2.45, 2.75) is 45.7 Å². The lowest BCUT2D eigenvalue weighted by Crippen LogP contribution is -2.46. The van der Waals surface area contributed by atoms with Gasteiger partial charge in [-0.25, -0.2) is 0 Å². The molecule has 2 heteroatoms. The number of piperidine rings is 1. The van der Waals surface area contributed by atoms with Gasteiger partial charge in [0.2, 0.25) is 0 Å². The third-order valence-electron chi connectivity index (χ3n) is 4.98. The van der Waals surface area contributed by atoms with Crippen molar-refractivity contribution in [2.24, 2.45) is 11.8 Å². The van der Waals surface area contributed by atoms with Gasteiger partial charge in [0.05, 0.1) is 0 Å². The van der Waals surface area contributed by atoms with Crippen LogP contribution in [0.3, 0.4) is 0 Å². The first-order valence-electron chi connectivity index (χ1n) is 8.08. The summed E-state index contributed by atoms with van der Waals surface area (Å²) in [5.74, 6) is 1.66. The molecule has 1 aromatic rings. The largest absolute Gasteiger partial charge is 0.313 e. The molecule has 1 heterocycles. The Morgan fingerprint density at radius 3 is 2.55 bits per heavy atom. The Kier molecular flexibility index (Phi) is 5.62. The molecule has 20 heavy (non-hydrogen) atoms. The first-order chi connectivity index (χ1) is 9.61. The van der Waals surface area contributed by atoms with Gasteiger partial charge in [-0.1, -0.05) is 44.2 Å². The fourth-order valence-corrected chi connectivity index (χ4v) is 3.59. The second kappa shape index (κ2) is 7.24. The van der Waals surface area contributed by atoms with Gasteiger partial charge in [0.1, 0.15) is 0 Å². The molecule has 1 N–H and O–H groups in total. The Morgan fingerprint density at radius 1 is 1.20 bits per heavy atom. The van der Waals surface area contributed by atoms with Crippen LogP contribution in [0.5, 0.6) is 0 Å². The summed E-state index contributed by atoms with van der Waals surface area (Å²) < 4.78 is 0. The predicted octanol–water partition coefficient (Wildman–Crippen LogP) is 3.70. The summed E-state index contributed by atoms with van der Waals surface area (Å²) in [6.45, 7) is 9.64. The van der Waals surface area contributed by atoms with Crippen LogP contribution >= 0.6 is 0 Å². The lowest BCUT2D eigenvalue weighted by molar-refractivity contribution is 0.0760. The van der Waals surface area contributed by atoms with Crippen LogP contribution in [0.4, 0.5) is 0 Å². The maximum atomic E-state index is 3.47. The molecule has 2 nitrogen and oxygen atoms in total. The minimum Gasteiger partial charge on any atom is -0.313 e. The fourth-order valence-electron chi connectivity index (χ4n) is 3.59. The number of hydrogen-bond acceptors (Lipinski definition) is 2. The zero-order valence-corrected chi connectivity index (χ0v) is 13.5. The van der Waals surface area contributed by atoms with Crippen molar-refractivity contribution in [1.29, 1.82) is 0 Å². The Bertz CT molecular complexity index is 390. The average molecular weight is 274 g/mol. The molecule has 1 saturated heterocycles. The van der Waals surface area contributed by atoms with E-state index >= 15 is 0 Å². The van der Waals surface area contributed by atoms with E-state index in [4.69, 9.17) is 0 Å². The zero-order chi connectivity index (χ0) is 14.5. The van der Waals surface area contributed by atoms with Gasteiger partial charge in [-0.3, -0.25) is 0 Å². The van der Waals surface area contributed by atoms with Gasteiger partial charge in [-0.15, -0.1) is 0 Å². The van der Waals surface area contributed by atoms with Crippen LogP contribution in [-0.4, -0.2) is 31.1 Å². The predicted molar refractivity (Wildman–Crippen MR) is 86.8 cm³/mol. The highest BCUT2D eigenvalue weighted by molar-refractivity contribution is 5.18. The smallest absolute Gasteiger partial charge is 0.0329 e. The van der Waals surface area contributed by atoms with E-state index in [1.165, 1.54) is 31.5 Å². The van der Waals surface area contributed by atoms with E-state index in [0.717, 1.165) is 17.9 Å². The molecule has 2 rings (SSSR count). The number of hydrogen-bond donors (Lipinski definition) is 1. The van der Waals surface area contributed by atoms with Crippen molar-refractivity contribution in [3.63, 3.8) is 0 Å². The highest BCUT2D eigenvalue weighted by atomic mass is 15.2. The highest BCUT2D eigenvalue weighted by Gasteiger charge is 2.28. The normalized spacial score (nSPS) is 29.3. The van der Waals surface area contributed by atoms with Gasteiger partial charge in [0, 0.05) is 25.2 Å². The minimum atomic E-state index is 0.468. The molecule has 0 radical (unpaired) electrons. The van der Waals surface area contributed by atoms with Crippen LogP contribution in [0, 0.1) is 11.8 Å². The Labute approximate surface area is 124 Å². The maximum absolute atomic E-state index is 3.47. The summed E-state index contributed by atoms with van der Waals surface area (Å²) in [4.78, 5) is 2.69. The Balaban J connectivity index is 1.93. The first-order valence-corrected chi connectivity index (χ1v) is 8.08. The van der Waals surface area contributed by atoms with E-state index in [9.17, 15) is 0 Å². The number of benzene rings is 1. The summed E-state index contributed by atoms with van der Waals surface area (Å²) in [7, 11) is 2.07. The van der Waals surface area contributed by atoms with Gasteiger partial charge in [0.15, 0.2) is 0 Å². The molecule has 4 unspecified atom stereocenters. The van der Waals surface area contributed by atoms with E-state index < -0.39 is 0 Å². The topological polar surface area (TPSA) is 15.3 Å². The molecule has 4 atom stereocenters. The molecule has 1 fully saturated rings. The fraction of sp³-hybridized carbons (Fsp3) is 0.667. The first kappa shape index (κ1) is 15.5. The highest BCUT2D eigenvalue weighted by Crippen LogP contribution is 2.28. The van der Waals surface area contributed by atoms with Crippen LogP contribution in [0.15, 0.2) is 30.3 Å². The molecule has 1 aliphatic heterocycles. The zero-order valence-electron chi connectivity index (χ0n) is 13.5. The third-order valence-corrected chi connectivity index (χ3v) is 4.98. The van der Waals surface area contributed by atoms with Crippen molar-refractivity contribution < 1.29 is 0 Å². The van der Waals surface area contributed by atoms with E-state index in [-0.39, 0.29) is 0 Å². The van der Waals surface area contributed by atoms with Crippen molar-refractivity contribution >= 4 is 0 Å². The van der Waals surface area contributed by atoms with Crippen molar-refractivity contribution in [2.75, 3.05) is 20.1 Å². The SMILES string of the molecule is CNC(CCN1CC(C)CC(C)C1C)c1ccccc1. The standard InChI is InChI=1S/C18H30N2/c1-14-12-15(2)16(3)20(13-14)11-10-18(19-4)17-8-6-5-7-9-17/h5-9,14-16,18-19H,10-13H2,1-4H3. The lowest BCUT2D eigenvalue weighted by atomic mass is 9.85. The molecular weight excluding hydrogens is 244 g/mol. The summed E-state index contributed by atoms with van der Waals surface area (Å²) in [5, 5.41) is 3.47. The number of nitrogens with one attached hydrogen (secondary N) is 1. The molecular formula is C18H30N2. The van der Waals surface area contributed by atoms with Gasteiger partial charge < -0.3 is 10.2 Å². The Hall–Kier alpha value is -0.860. The second-order valence-corrected chi connectivity index (χ2v) is 6.59. The third kappa shape index (κ3) is 3.83. The maximum Gasteiger partial charge on any atom is 0.0329 e. The number of nitrogens with zero attached hydrogens (tertiary/aromatic N) is 1. The van der Waals surface area contributed by atoms with Crippen LogP contribution < -0.4 is 5.32 Å². The Morgan fingerprint density at radius 2 is 1.90 bits per heavy atom. The molecule has 1 aliphatic rings. The average Bonchev–Trinajstić information content (AvgIpc) is 2.45. The van der Waals surface area contributed by atoms with E-state index in [1.807, 2.05) is 0 Å².